The fourth-order valence-corrected chi connectivity index (χ4v) is 0.937. The Bertz CT molecular complexity index is 405. The van der Waals surface area contributed by atoms with Crippen LogP contribution in [0.1, 0.15) is 20.3 Å². The van der Waals surface area contributed by atoms with Gasteiger partial charge in [0.25, 0.3) is 0 Å². The summed E-state index contributed by atoms with van der Waals surface area (Å²) in [6.07, 6.45) is 2.62. The summed E-state index contributed by atoms with van der Waals surface area (Å²) in [5.41, 5.74) is 0.206. The first-order chi connectivity index (χ1) is 8.67. The van der Waals surface area contributed by atoms with E-state index in [1.165, 1.54) is 6.08 Å². The van der Waals surface area contributed by atoms with Crippen molar-refractivity contribution >= 4 is 17.9 Å². The van der Waals surface area contributed by atoms with E-state index >= 15 is 0 Å². The first-order valence-corrected chi connectivity index (χ1v) is 5.38. The fraction of sp³-hybridized carbons (Fsp3) is 0.308. The van der Waals surface area contributed by atoms with Gasteiger partial charge in [0.2, 0.25) is 0 Å². The lowest BCUT2D eigenvalue weighted by atomic mass is 9.99. The Morgan fingerprint density at radius 3 is 1.79 bits per heavy atom. The summed E-state index contributed by atoms with van der Waals surface area (Å²) < 4.78 is 0. The Balaban J connectivity index is 0. The molecule has 6 nitrogen and oxygen atoms in total. The highest BCUT2D eigenvalue weighted by Gasteiger charge is 2.13. The SMILES string of the molecule is C=C(C(=O)O)C(C)C=C(CC)C(=O)O.C=CC(=O)O. The fourth-order valence-electron chi connectivity index (χ4n) is 0.937. The summed E-state index contributed by atoms with van der Waals surface area (Å²) in [6, 6.07) is 0. The van der Waals surface area contributed by atoms with E-state index in [1.807, 2.05) is 0 Å². The van der Waals surface area contributed by atoms with Gasteiger partial charge in [0, 0.05) is 23.1 Å². The molecule has 3 N–H and O–H groups in total. The number of rotatable bonds is 6. The maximum Gasteiger partial charge on any atom is 0.331 e. The van der Waals surface area contributed by atoms with Crippen molar-refractivity contribution in [3.05, 3.63) is 36.5 Å². The Kier molecular flexibility index (Phi) is 9.63. The molecule has 106 valence electrons. The van der Waals surface area contributed by atoms with Crippen molar-refractivity contribution in [1.82, 2.24) is 0 Å². The van der Waals surface area contributed by atoms with Crippen LogP contribution >= 0.6 is 0 Å². The van der Waals surface area contributed by atoms with Gasteiger partial charge in [-0.25, -0.2) is 14.4 Å². The first kappa shape index (κ1) is 19.0. The lowest BCUT2D eigenvalue weighted by molar-refractivity contribution is -0.134. The Labute approximate surface area is 111 Å². The van der Waals surface area contributed by atoms with Crippen LogP contribution in [0.15, 0.2) is 36.5 Å². The Morgan fingerprint density at radius 2 is 1.58 bits per heavy atom. The molecule has 0 saturated heterocycles. The minimum absolute atomic E-state index is 0.00259. The smallest absolute Gasteiger partial charge is 0.331 e. The summed E-state index contributed by atoms with van der Waals surface area (Å²) >= 11 is 0. The average molecular weight is 270 g/mol. The number of hydrogen-bond acceptors (Lipinski definition) is 3. The van der Waals surface area contributed by atoms with E-state index in [1.54, 1.807) is 13.8 Å². The third-order valence-electron chi connectivity index (χ3n) is 2.11. The molecule has 1 unspecified atom stereocenters. The number of carbonyl (C=O) groups is 3. The van der Waals surface area contributed by atoms with Gasteiger partial charge in [-0.2, -0.15) is 0 Å². The lowest BCUT2D eigenvalue weighted by Crippen LogP contribution is -2.09. The van der Waals surface area contributed by atoms with E-state index in [2.05, 4.69) is 13.2 Å². The second kappa shape index (κ2) is 9.64. The number of aliphatic carboxylic acids is 3. The van der Waals surface area contributed by atoms with Crippen LogP contribution in [0, 0.1) is 5.92 Å². The van der Waals surface area contributed by atoms with Gasteiger partial charge >= 0.3 is 17.9 Å². The van der Waals surface area contributed by atoms with Crippen LogP contribution in [-0.2, 0) is 14.4 Å². The maximum atomic E-state index is 10.6. The van der Waals surface area contributed by atoms with E-state index in [0.29, 0.717) is 6.42 Å². The van der Waals surface area contributed by atoms with Crippen LogP contribution in [0.25, 0.3) is 0 Å². The molecule has 0 radical (unpaired) electrons. The highest BCUT2D eigenvalue weighted by molar-refractivity contribution is 5.89. The van der Waals surface area contributed by atoms with Crippen LogP contribution in [0.5, 0.6) is 0 Å². The summed E-state index contributed by atoms with van der Waals surface area (Å²) in [5.74, 6) is -3.56. The van der Waals surface area contributed by atoms with Crippen LogP contribution < -0.4 is 0 Å². The third-order valence-corrected chi connectivity index (χ3v) is 2.11. The topological polar surface area (TPSA) is 112 Å². The summed E-state index contributed by atoms with van der Waals surface area (Å²) in [5, 5.41) is 24.9. The van der Waals surface area contributed by atoms with Crippen LogP contribution in [0.4, 0.5) is 0 Å². The van der Waals surface area contributed by atoms with E-state index < -0.39 is 23.8 Å². The second-order valence-corrected chi connectivity index (χ2v) is 3.51. The highest BCUT2D eigenvalue weighted by atomic mass is 16.4. The molecule has 0 aliphatic heterocycles. The van der Waals surface area contributed by atoms with Gasteiger partial charge in [-0.15, -0.1) is 0 Å². The van der Waals surface area contributed by atoms with E-state index in [9.17, 15) is 14.4 Å². The number of hydrogen-bond donors (Lipinski definition) is 3. The van der Waals surface area contributed by atoms with Gasteiger partial charge in [0.1, 0.15) is 0 Å². The molecule has 0 aromatic heterocycles. The molecule has 0 bridgehead atoms. The largest absolute Gasteiger partial charge is 0.478 e. The monoisotopic (exact) mass is 270 g/mol. The van der Waals surface area contributed by atoms with Gasteiger partial charge in [0.15, 0.2) is 0 Å². The van der Waals surface area contributed by atoms with Gasteiger partial charge in [-0.05, 0) is 6.42 Å². The van der Waals surface area contributed by atoms with Crippen molar-refractivity contribution in [3.63, 3.8) is 0 Å². The van der Waals surface area contributed by atoms with E-state index in [-0.39, 0.29) is 11.1 Å². The van der Waals surface area contributed by atoms with Gasteiger partial charge in [-0.3, -0.25) is 0 Å². The van der Waals surface area contributed by atoms with E-state index in [4.69, 9.17) is 15.3 Å². The molecule has 1 atom stereocenters. The molecule has 0 rings (SSSR count). The summed E-state index contributed by atoms with van der Waals surface area (Å²) in [7, 11) is 0. The molecule has 0 aliphatic rings. The van der Waals surface area contributed by atoms with Crippen LogP contribution in [0.3, 0.4) is 0 Å². The third kappa shape index (κ3) is 9.34. The zero-order chi connectivity index (χ0) is 15.6. The molecule has 0 amide bonds. The zero-order valence-corrected chi connectivity index (χ0v) is 10.9. The molecule has 0 spiro atoms. The van der Waals surface area contributed by atoms with Crippen molar-refractivity contribution < 1.29 is 29.7 Å². The van der Waals surface area contributed by atoms with Crippen molar-refractivity contribution in [3.8, 4) is 0 Å². The van der Waals surface area contributed by atoms with Crippen molar-refractivity contribution in [2.45, 2.75) is 20.3 Å². The molecule has 0 aromatic carbocycles. The minimum Gasteiger partial charge on any atom is -0.478 e. The predicted molar refractivity (Wildman–Crippen MR) is 69.8 cm³/mol. The zero-order valence-electron chi connectivity index (χ0n) is 10.9. The Hall–Kier alpha value is -2.37. The van der Waals surface area contributed by atoms with Crippen molar-refractivity contribution in [2.24, 2.45) is 5.92 Å². The molecule has 0 aromatic rings. The number of carboxylic acids is 3. The van der Waals surface area contributed by atoms with Crippen molar-refractivity contribution in [1.29, 1.82) is 0 Å². The van der Waals surface area contributed by atoms with E-state index in [0.717, 1.165) is 6.08 Å². The maximum absolute atomic E-state index is 10.6. The second-order valence-electron chi connectivity index (χ2n) is 3.51. The lowest BCUT2D eigenvalue weighted by Gasteiger charge is -2.07. The molecular weight excluding hydrogens is 252 g/mol. The average Bonchev–Trinajstić information content (AvgIpc) is 2.34. The first-order valence-electron chi connectivity index (χ1n) is 5.38. The molecule has 0 heterocycles. The predicted octanol–water partition coefficient (Wildman–Crippen LogP) is 1.94. The Morgan fingerprint density at radius 1 is 1.16 bits per heavy atom. The minimum atomic E-state index is -1.10. The summed E-state index contributed by atoms with van der Waals surface area (Å²) in [6.45, 7) is 9.64. The molecule has 0 aliphatic carbocycles. The standard InChI is InChI=1S/C10H14O4.C3H4O2/c1-4-8(10(13)14)5-6(2)7(3)9(11)12;1-2-3(4)5/h5-6H,3-4H2,1-2H3,(H,11,12)(H,13,14);2H,1H2,(H,4,5). The van der Waals surface area contributed by atoms with Crippen molar-refractivity contribution in [2.75, 3.05) is 0 Å². The number of allylic oxidation sites excluding steroid dienone is 1. The van der Waals surface area contributed by atoms with Gasteiger partial charge in [0.05, 0.1) is 0 Å². The molecular formula is C13H18O6. The summed E-state index contributed by atoms with van der Waals surface area (Å²) in [4.78, 5) is 30.4. The van der Waals surface area contributed by atoms with Gasteiger partial charge < -0.3 is 15.3 Å². The molecule has 19 heavy (non-hydrogen) atoms. The molecule has 0 saturated carbocycles. The molecule has 0 fully saturated rings. The highest BCUT2D eigenvalue weighted by Crippen LogP contribution is 2.14. The van der Waals surface area contributed by atoms with Crippen LogP contribution in [-0.4, -0.2) is 33.2 Å². The quantitative estimate of drug-likeness (QED) is 0.636. The van der Waals surface area contributed by atoms with Crippen LogP contribution in [0.2, 0.25) is 0 Å². The normalized spacial score (nSPS) is 11.6. The molecule has 6 heteroatoms. The number of carboxylic acid groups (broad SMARTS) is 3. The van der Waals surface area contributed by atoms with Gasteiger partial charge in [-0.1, -0.05) is 33.1 Å².